The lowest BCUT2D eigenvalue weighted by molar-refractivity contribution is -0.132. The van der Waals surface area contributed by atoms with Crippen LogP contribution < -0.4 is 5.32 Å². The summed E-state index contributed by atoms with van der Waals surface area (Å²) in [5.74, 6) is -0.105. The van der Waals surface area contributed by atoms with E-state index >= 15 is 0 Å². The van der Waals surface area contributed by atoms with Gasteiger partial charge in [0.1, 0.15) is 5.54 Å². The van der Waals surface area contributed by atoms with Crippen LogP contribution >= 0.6 is 27.5 Å². The van der Waals surface area contributed by atoms with Crippen molar-refractivity contribution in [1.82, 2.24) is 10.2 Å². The van der Waals surface area contributed by atoms with Gasteiger partial charge >= 0.3 is 6.03 Å². The van der Waals surface area contributed by atoms with E-state index < -0.39 is 5.54 Å². The van der Waals surface area contributed by atoms with Crippen molar-refractivity contribution in [1.29, 1.82) is 0 Å². The number of amides is 3. The van der Waals surface area contributed by atoms with Gasteiger partial charge in [-0.05, 0) is 30.5 Å². The Bertz CT molecular complexity index is 599. The Morgan fingerprint density at radius 1 is 1.24 bits per heavy atom. The molecule has 112 valence electrons. The minimum absolute atomic E-state index is 0.105. The van der Waals surface area contributed by atoms with Crippen molar-refractivity contribution in [3.05, 3.63) is 33.3 Å². The Labute approximate surface area is 137 Å². The quantitative estimate of drug-likeness (QED) is 0.803. The van der Waals surface area contributed by atoms with Gasteiger partial charge in [0.2, 0.25) is 0 Å². The van der Waals surface area contributed by atoms with Crippen LogP contribution in [0.25, 0.3) is 0 Å². The molecule has 21 heavy (non-hydrogen) atoms. The Kier molecular flexibility index (Phi) is 3.97. The van der Waals surface area contributed by atoms with E-state index in [1.165, 1.54) is 4.90 Å². The molecule has 1 aromatic carbocycles. The lowest BCUT2D eigenvalue weighted by Crippen LogP contribution is -2.48. The van der Waals surface area contributed by atoms with Crippen LogP contribution in [0.15, 0.2) is 22.7 Å². The van der Waals surface area contributed by atoms with Crippen molar-refractivity contribution in [3.8, 4) is 0 Å². The molecule has 0 unspecified atom stereocenters. The predicted molar refractivity (Wildman–Crippen MR) is 84.0 cm³/mol. The number of hydrogen-bond acceptors (Lipinski definition) is 2. The molecule has 1 saturated heterocycles. The summed E-state index contributed by atoms with van der Waals surface area (Å²) in [4.78, 5) is 26.1. The van der Waals surface area contributed by atoms with Crippen LogP contribution in [0, 0.1) is 0 Å². The summed E-state index contributed by atoms with van der Waals surface area (Å²) in [5.41, 5.74) is 0.105. The number of imide groups is 1. The summed E-state index contributed by atoms with van der Waals surface area (Å²) in [6.07, 6.45) is 4.57. The van der Waals surface area contributed by atoms with Crippen LogP contribution in [-0.4, -0.2) is 22.4 Å². The maximum Gasteiger partial charge on any atom is 0.325 e. The molecular formula is C15H16BrClN2O2. The molecule has 6 heteroatoms. The van der Waals surface area contributed by atoms with E-state index in [-0.39, 0.29) is 18.5 Å². The highest BCUT2D eigenvalue weighted by Gasteiger charge is 2.51. The molecule has 3 amide bonds. The van der Waals surface area contributed by atoms with Crippen LogP contribution in [0.1, 0.15) is 37.7 Å². The minimum Gasteiger partial charge on any atom is -0.323 e. The third-order valence-corrected chi connectivity index (χ3v) is 5.14. The Balaban J connectivity index is 1.82. The van der Waals surface area contributed by atoms with E-state index in [0.717, 1.165) is 42.1 Å². The molecule has 1 saturated carbocycles. The van der Waals surface area contributed by atoms with Crippen LogP contribution in [0.3, 0.4) is 0 Å². The Hall–Kier alpha value is -1.07. The maximum atomic E-state index is 12.7. The van der Waals surface area contributed by atoms with Crippen LogP contribution in [0.4, 0.5) is 4.79 Å². The number of nitrogens with zero attached hydrogens (tertiary/aromatic N) is 1. The second kappa shape index (κ2) is 5.61. The summed E-state index contributed by atoms with van der Waals surface area (Å²) in [5, 5.41) is 3.46. The van der Waals surface area contributed by atoms with Crippen LogP contribution in [0.5, 0.6) is 0 Å². The second-order valence-electron chi connectivity index (χ2n) is 5.70. The maximum absolute atomic E-state index is 12.7. The zero-order valence-corrected chi connectivity index (χ0v) is 13.8. The fourth-order valence-corrected chi connectivity index (χ4v) is 3.87. The monoisotopic (exact) mass is 370 g/mol. The summed E-state index contributed by atoms with van der Waals surface area (Å²) >= 11 is 9.53. The van der Waals surface area contributed by atoms with Gasteiger partial charge in [0, 0.05) is 9.50 Å². The molecule has 1 aliphatic heterocycles. The molecule has 1 heterocycles. The first kappa shape index (κ1) is 14.9. The van der Waals surface area contributed by atoms with Crippen molar-refractivity contribution in [2.75, 3.05) is 0 Å². The Morgan fingerprint density at radius 3 is 2.62 bits per heavy atom. The van der Waals surface area contributed by atoms with Gasteiger partial charge in [0.05, 0.1) is 6.54 Å². The normalized spacial score (nSPS) is 21.0. The van der Waals surface area contributed by atoms with E-state index in [1.807, 2.05) is 12.1 Å². The first-order valence-electron chi connectivity index (χ1n) is 7.10. The summed E-state index contributed by atoms with van der Waals surface area (Å²) in [6.45, 7) is 0.221. The average molecular weight is 372 g/mol. The molecule has 1 aromatic rings. The zero-order chi connectivity index (χ0) is 15.0. The van der Waals surface area contributed by atoms with Gasteiger partial charge in [0.25, 0.3) is 5.91 Å². The number of nitrogens with one attached hydrogen (secondary N) is 1. The van der Waals surface area contributed by atoms with Crippen LogP contribution in [-0.2, 0) is 11.3 Å². The third kappa shape index (κ3) is 2.69. The molecule has 3 rings (SSSR count). The predicted octanol–water partition coefficient (Wildman–Crippen LogP) is 3.86. The second-order valence-corrected chi connectivity index (χ2v) is 7.02. The van der Waals surface area contributed by atoms with Crippen molar-refractivity contribution < 1.29 is 9.59 Å². The molecule has 1 N–H and O–H groups in total. The van der Waals surface area contributed by atoms with Gasteiger partial charge in [-0.3, -0.25) is 9.69 Å². The highest BCUT2D eigenvalue weighted by atomic mass is 79.9. The summed E-state index contributed by atoms with van der Waals surface area (Å²) in [7, 11) is 0. The summed E-state index contributed by atoms with van der Waals surface area (Å²) < 4.78 is 0.872. The molecule has 4 nitrogen and oxygen atoms in total. The number of rotatable bonds is 2. The minimum atomic E-state index is -0.669. The van der Waals surface area contributed by atoms with E-state index in [9.17, 15) is 9.59 Å². The van der Waals surface area contributed by atoms with E-state index in [2.05, 4.69) is 21.2 Å². The number of carbonyl (C=O) groups is 2. The molecular weight excluding hydrogens is 356 g/mol. The summed E-state index contributed by atoms with van der Waals surface area (Å²) in [6, 6.07) is 5.15. The largest absolute Gasteiger partial charge is 0.325 e. The van der Waals surface area contributed by atoms with Crippen molar-refractivity contribution in [2.24, 2.45) is 0 Å². The zero-order valence-electron chi connectivity index (χ0n) is 11.5. The first-order chi connectivity index (χ1) is 10.0. The van der Waals surface area contributed by atoms with Gasteiger partial charge < -0.3 is 5.32 Å². The number of halogens is 2. The van der Waals surface area contributed by atoms with E-state index in [0.29, 0.717) is 5.02 Å². The van der Waals surface area contributed by atoms with E-state index in [1.54, 1.807) is 6.07 Å². The lowest BCUT2D eigenvalue weighted by atomic mass is 9.82. The topological polar surface area (TPSA) is 49.4 Å². The molecule has 1 spiro atoms. The highest BCUT2D eigenvalue weighted by Crippen LogP contribution is 2.34. The van der Waals surface area contributed by atoms with Gasteiger partial charge in [-0.15, -0.1) is 0 Å². The molecule has 2 aliphatic rings. The van der Waals surface area contributed by atoms with Crippen molar-refractivity contribution in [3.63, 3.8) is 0 Å². The highest BCUT2D eigenvalue weighted by molar-refractivity contribution is 9.10. The molecule has 2 fully saturated rings. The van der Waals surface area contributed by atoms with Crippen molar-refractivity contribution in [2.45, 2.75) is 44.2 Å². The molecule has 1 aliphatic carbocycles. The fraction of sp³-hybridized carbons (Fsp3) is 0.467. The number of hydrogen-bond donors (Lipinski definition) is 1. The van der Waals surface area contributed by atoms with Gasteiger partial charge in [0.15, 0.2) is 0 Å². The van der Waals surface area contributed by atoms with Gasteiger partial charge in [-0.2, -0.15) is 0 Å². The molecule has 0 radical (unpaired) electrons. The average Bonchev–Trinajstić information content (AvgIpc) is 2.67. The SMILES string of the molecule is O=C1NC2(CCCCC2)C(=O)N1Cc1ccc(Br)cc1Cl. The number of benzene rings is 1. The van der Waals surface area contributed by atoms with Crippen LogP contribution in [0.2, 0.25) is 5.02 Å². The lowest BCUT2D eigenvalue weighted by Gasteiger charge is -2.30. The van der Waals surface area contributed by atoms with Crippen molar-refractivity contribution >= 4 is 39.5 Å². The number of carbonyl (C=O) groups excluding carboxylic acids is 2. The van der Waals surface area contributed by atoms with Gasteiger partial charge in [-0.25, -0.2) is 4.79 Å². The number of urea groups is 1. The standard InChI is InChI=1S/C15H16BrClN2O2/c16-11-5-4-10(12(17)8-11)9-19-13(20)15(18-14(19)21)6-2-1-3-7-15/h4-5,8H,1-3,6-7,9H2,(H,18,21). The molecule has 0 atom stereocenters. The van der Waals surface area contributed by atoms with E-state index in [4.69, 9.17) is 11.6 Å². The smallest absolute Gasteiger partial charge is 0.323 e. The Morgan fingerprint density at radius 2 is 1.95 bits per heavy atom. The molecule has 0 aromatic heterocycles. The third-order valence-electron chi connectivity index (χ3n) is 4.30. The molecule has 0 bridgehead atoms. The fourth-order valence-electron chi connectivity index (χ4n) is 3.13. The van der Waals surface area contributed by atoms with Gasteiger partial charge in [-0.1, -0.05) is 52.9 Å². The first-order valence-corrected chi connectivity index (χ1v) is 8.27.